The summed E-state index contributed by atoms with van der Waals surface area (Å²) in [6, 6.07) is 24.1. The molecule has 0 aliphatic carbocycles. The summed E-state index contributed by atoms with van der Waals surface area (Å²) in [5, 5.41) is 23.0. The van der Waals surface area contributed by atoms with Crippen molar-refractivity contribution in [2.45, 2.75) is 0 Å². The number of nitrogens with zero attached hydrogens (tertiary/aromatic N) is 3. The van der Waals surface area contributed by atoms with Crippen LogP contribution in [0.3, 0.4) is 0 Å². The molecule has 5 aromatic rings. The predicted molar refractivity (Wildman–Crippen MR) is 116 cm³/mol. The number of benzene rings is 3. The van der Waals surface area contributed by atoms with E-state index in [1.807, 2.05) is 60.8 Å². The molecule has 0 spiro atoms. The highest BCUT2D eigenvalue weighted by Crippen LogP contribution is 2.39. The summed E-state index contributed by atoms with van der Waals surface area (Å²) in [7, 11) is 0. The van der Waals surface area contributed by atoms with E-state index in [-0.39, 0.29) is 5.69 Å². The molecule has 0 unspecified atom stereocenters. The fraction of sp³-hybridized carbons (Fsp3) is 0. The number of aromatic nitrogens is 2. The highest BCUT2D eigenvalue weighted by Gasteiger charge is 2.21. The topological polar surface area (TPSA) is 95.6 Å². The molecule has 6 heteroatoms. The molecule has 6 nitrogen and oxygen atoms in total. The van der Waals surface area contributed by atoms with Crippen molar-refractivity contribution in [2.75, 3.05) is 0 Å². The average Bonchev–Trinajstić information content (AvgIpc) is 3.22. The lowest BCUT2D eigenvalue weighted by molar-refractivity contribution is -0.384. The lowest BCUT2D eigenvalue weighted by Gasteiger charge is -2.13. The smallest absolute Gasteiger partial charge is 0.270 e. The number of nitro groups is 1. The molecular weight excluding hydrogens is 376 g/mol. The van der Waals surface area contributed by atoms with E-state index in [9.17, 15) is 15.4 Å². The van der Waals surface area contributed by atoms with E-state index in [0.717, 1.165) is 22.0 Å². The highest BCUT2D eigenvalue weighted by atomic mass is 16.6. The molecule has 0 bridgehead atoms. The van der Waals surface area contributed by atoms with Crippen molar-refractivity contribution < 1.29 is 4.92 Å². The molecule has 5 rings (SSSR count). The summed E-state index contributed by atoms with van der Waals surface area (Å²) in [5.41, 5.74) is 4.72. The fourth-order valence-electron chi connectivity index (χ4n) is 3.84. The van der Waals surface area contributed by atoms with Crippen LogP contribution in [0.15, 0.2) is 79.0 Å². The van der Waals surface area contributed by atoms with Gasteiger partial charge in [0.25, 0.3) is 5.69 Å². The van der Waals surface area contributed by atoms with Crippen LogP contribution in [0, 0.1) is 21.4 Å². The van der Waals surface area contributed by atoms with Gasteiger partial charge >= 0.3 is 0 Å². The zero-order valence-electron chi connectivity index (χ0n) is 15.7. The molecule has 142 valence electrons. The Kier molecular flexibility index (Phi) is 4.01. The minimum absolute atomic E-state index is 0.0368. The third-order valence-corrected chi connectivity index (χ3v) is 5.20. The second kappa shape index (κ2) is 6.83. The number of fused-ring (bicyclic) bond motifs is 2. The van der Waals surface area contributed by atoms with Crippen LogP contribution in [0.4, 0.5) is 5.69 Å². The van der Waals surface area contributed by atoms with Gasteiger partial charge in [0.15, 0.2) is 0 Å². The van der Waals surface area contributed by atoms with Gasteiger partial charge in [0, 0.05) is 45.7 Å². The monoisotopic (exact) mass is 390 g/mol. The van der Waals surface area contributed by atoms with Crippen molar-refractivity contribution in [2.24, 2.45) is 0 Å². The number of rotatable bonds is 3. The van der Waals surface area contributed by atoms with Gasteiger partial charge in [-0.1, -0.05) is 48.5 Å². The highest BCUT2D eigenvalue weighted by molar-refractivity contribution is 6.04. The molecule has 2 aromatic heterocycles. The second-order valence-electron chi connectivity index (χ2n) is 6.89. The number of H-pyrrole nitrogens is 1. The molecule has 0 saturated carbocycles. The van der Waals surface area contributed by atoms with E-state index in [1.165, 1.54) is 12.1 Å². The molecule has 0 amide bonds. The maximum atomic E-state index is 11.4. The number of para-hydroxylation sites is 1. The molecular formula is C24H14N4O2. The van der Waals surface area contributed by atoms with E-state index in [1.54, 1.807) is 6.07 Å². The van der Waals surface area contributed by atoms with Crippen LogP contribution in [-0.4, -0.2) is 14.9 Å². The molecule has 0 atom stereocenters. The van der Waals surface area contributed by atoms with Gasteiger partial charge in [-0.15, -0.1) is 0 Å². The Hall–Kier alpha value is -4.50. The average molecular weight is 390 g/mol. The van der Waals surface area contributed by atoms with Crippen LogP contribution in [0.5, 0.6) is 0 Å². The van der Waals surface area contributed by atoms with Crippen LogP contribution < -0.4 is 0 Å². The lowest BCUT2D eigenvalue weighted by atomic mass is 9.92. The zero-order valence-corrected chi connectivity index (χ0v) is 15.7. The number of non-ortho nitro benzene ring substituents is 1. The van der Waals surface area contributed by atoms with E-state index in [4.69, 9.17) is 4.98 Å². The van der Waals surface area contributed by atoms with Crippen molar-refractivity contribution in [3.63, 3.8) is 0 Å². The van der Waals surface area contributed by atoms with Crippen molar-refractivity contribution in [1.82, 2.24) is 9.97 Å². The minimum Gasteiger partial charge on any atom is -0.360 e. The van der Waals surface area contributed by atoms with Gasteiger partial charge in [-0.2, -0.15) is 5.26 Å². The lowest BCUT2D eigenvalue weighted by Crippen LogP contribution is -1.97. The number of nitrogens with one attached hydrogen (secondary N) is 1. The van der Waals surface area contributed by atoms with Gasteiger partial charge in [-0.05, 0) is 17.7 Å². The fourth-order valence-corrected chi connectivity index (χ4v) is 3.84. The molecule has 0 fully saturated rings. The van der Waals surface area contributed by atoms with Crippen LogP contribution in [-0.2, 0) is 0 Å². The van der Waals surface area contributed by atoms with Crippen LogP contribution in [0.25, 0.3) is 44.2 Å². The summed E-state index contributed by atoms with van der Waals surface area (Å²) in [5.74, 6) is 0. The number of hydrogen-bond acceptors (Lipinski definition) is 4. The Labute approximate surface area is 171 Å². The van der Waals surface area contributed by atoms with E-state index in [2.05, 4.69) is 11.1 Å². The number of aromatic amines is 1. The second-order valence-corrected chi connectivity index (χ2v) is 6.89. The summed E-state index contributed by atoms with van der Waals surface area (Å²) in [6.07, 6.45) is 1.85. The SMILES string of the molecule is N#Cc1c(-c2c[nH]c3ccccc23)nc2ccc([N+](=O)[O-])cc2c1-c1ccccc1. The summed E-state index contributed by atoms with van der Waals surface area (Å²) in [4.78, 5) is 18.9. The number of pyridine rings is 1. The van der Waals surface area contributed by atoms with Gasteiger partial charge < -0.3 is 4.98 Å². The molecule has 30 heavy (non-hydrogen) atoms. The number of hydrogen-bond donors (Lipinski definition) is 1. The van der Waals surface area contributed by atoms with E-state index < -0.39 is 4.92 Å². The Morgan fingerprint density at radius 3 is 2.50 bits per heavy atom. The van der Waals surface area contributed by atoms with Gasteiger partial charge in [0.05, 0.1) is 21.7 Å². The van der Waals surface area contributed by atoms with Crippen LogP contribution in [0.1, 0.15) is 5.56 Å². The Bertz CT molecular complexity index is 1480. The third kappa shape index (κ3) is 2.69. The standard InChI is InChI=1S/C24H14N4O2/c25-13-19-23(15-6-2-1-3-7-15)18-12-16(28(29)30)10-11-22(18)27-24(19)20-14-26-21-9-5-4-8-17(20)21/h1-12,14,26H. The van der Waals surface area contributed by atoms with Crippen molar-refractivity contribution >= 4 is 27.5 Å². The molecule has 0 radical (unpaired) electrons. The number of nitriles is 1. The zero-order chi connectivity index (χ0) is 20.7. The minimum atomic E-state index is -0.437. The largest absolute Gasteiger partial charge is 0.360 e. The molecule has 3 aromatic carbocycles. The van der Waals surface area contributed by atoms with E-state index in [0.29, 0.717) is 27.7 Å². The van der Waals surface area contributed by atoms with E-state index >= 15 is 0 Å². The van der Waals surface area contributed by atoms with Crippen molar-refractivity contribution in [1.29, 1.82) is 5.26 Å². The Morgan fingerprint density at radius 1 is 0.967 bits per heavy atom. The predicted octanol–water partition coefficient (Wildman–Crippen LogP) is 5.83. The molecule has 0 aliphatic heterocycles. The van der Waals surface area contributed by atoms with Gasteiger partial charge in [0.2, 0.25) is 0 Å². The first-order valence-electron chi connectivity index (χ1n) is 9.31. The Balaban J connectivity index is 1.93. The van der Waals surface area contributed by atoms with Crippen LogP contribution >= 0.6 is 0 Å². The molecule has 2 heterocycles. The van der Waals surface area contributed by atoms with Gasteiger partial charge in [-0.3, -0.25) is 10.1 Å². The summed E-state index contributed by atoms with van der Waals surface area (Å²) < 4.78 is 0. The van der Waals surface area contributed by atoms with Gasteiger partial charge in [0.1, 0.15) is 6.07 Å². The van der Waals surface area contributed by atoms with Gasteiger partial charge in [-0.25, -0.2) is 4.98 Å². The normalized spacial score (nSPS) is 10.9. The summed E-state index contributed by atoms with van der Waals surface area (Å²) in [6.45, 7) is 0. The molecule has 1 N–H and O–H groups in total. The first kappa shape index (κ1) is 17.6. The van der Waals surface area contributed by atoms with Crippen molar-refractivity contribution in [3.8, 4) is 28.5 Å². The number of nitro benzene ring substituents is 1. The molecule has 0 aliphatic rings. The maximum absolute atomic E-state index is 11.4. The van der Waals surface area contributed by atoms with Crippen molar-refractivity contribution in [3.05, 3.63) is 94.7 Å². The quantitative estimate of drug-likeness (QED) is 0.310. The Morgan fingerprint density at radius 2 is 1.73 bits per heavy atom. The third-order valence-electron chi connectivity index (χ3n) is 5.20. The molecule has 0 saturated heterocycles. The van der Waals surface area contributed by atoms with Crippen LogP contribution in [0.2, 0.25) is 0 Å². The summed E-state index contributed by atoms with van der Waals surface area (Å²) >= 11 is 0. The first-order valence-corrected chi connectivity index (χ1v) is 9.31. The first-order chi connectivity index (χ1) is 14.7. The maximum Gasteiger partial charge on any atom is 0.270 e.